The minimum absolute atomic E-state index is 0.00488. The van der Waals surface area contributed by atoms with E-state index in [1.165, 1.54) is 0 Å². The summed E-state index contributed by atoms with van der Waals surface area (Å²) in [5.74, 6) is 0.549. The molecular formula is C23H21NO4. The first-order chi connectivity index (χ1) is 13.4. The maximum absolute atomic E-state index is 13.3. The lowest BCUT2D eigenvalue weighted by Crippen LogP contribution is -2.30. The van der Waals surface area contributed by atoms with Crippen LogP contribution < -0.4 is 4.74 Å². The average molecular weight is 375 g/mol. The molecule has 0 amide bonds. The van der Waals surface area contributed by atoms with Gasteiger partial charge in [0.2, 0.25) is 0 Å². The zero-order valence-corrected chi connectivity index (χ0v) is 15.8. The highest BCUT2D eigenvalue weighted by atomic mass is 16.5. The van der Waals surface area contributed by atoms with Crippen molar-refractivity contribution in [3.63, 3.8) is 0 Å². The van der Waals surface area contributed by atoms with E-state index in [9.17, 15) is 15.2 Å². The monoisotopic (exact) mass is 375 g/mol. The lowest BCUT2D eigenvalue weighted by Gasteiger charge is -2.34. The van der Waals surface area contributed by atoms with Crippen molar-refractivity contribution in [2.75, 3.05) is 13.2 Å². The van der Waals surface area contributed by atoms with Crippen LogP contribution in [-0.2, 0) is 11.8 Å². The Morgan fingerprint density at radius 1 is 1.21 bits per heavy atom. The van der Waals surface area contributed by atoms with Crippen LogP contribution in [0.1, 0.15) is 46.5 Å². The van der Waals surface area contributed by atoms with Crippen molar-refractivity contribution in [2.45, 2.75) is 31.8 Å². The maximum atomic E-state index is 13.3. The van der Waals surface area contributed by atoms with Gasteiger partial charge in [-0.25, -0.2) is 0 Å². The number of aliphatic hydroxyl groups is 2. The molecule has 28 heavy (non-hydrogen) atoms. The van der Waals surface area contributed by atoms with Crippen molar-refractivity contribution in [2.24, 2.45) is 0 Å². The van der Waals surface area contributed by atoms with Crippen LogP contribution in [0.25, 0.3) is 5.57 Å². The number of aliphatic hydroxyl groups excluding tert-OH is 2. The number of allylic oxidation sites excluding steroid dienone is 2. The number of ether oxygens (including phenoxy) is 1. The van der Waals surface area contributed by atoms with E-state index in [1.807, 2.05) is 18.2 Å². The predicted octanol–water partition coefficient (Wildman–Crippen LogP) is 2.77. The second-order valence-electron chi connectivity index (χ2n) is 7.82. The Morgan fingerprint density at radius 3 is 2.68 bits per heavy atom. The van der Waals surface area contributed by atoms with Gasteiger partial charge in [0.05, 0.1) is 18.2 Å². The summed E-state index contributed by atoms with van der Waals surface area (Å²) in [6, 6.07) is 13.0. The lowest BCUT2D eigenvalue weighted by atomic mass is 9.68. The molecule has 2 aliphatic carbocycles. The Balaban J connectivity index is 1.75. The molecule has 2 N–H and O–H groups in total. The van der Waals surface area contributed by atoms with Crippen molar-refractivity contribution in [3.8, 4) is 11.8 Å². The standard InChI is InChI=1S/C23H21NO4/c1-23(2)19-9-16(28-12-15(26)11-25)4-6-18(19)22(27)21-17-5-3-13(10-24)7-14(17)8-20(21)23/h3-7,9,15,25-26H,8,11-12H2,1-2H3/t15-/m1/s1. The number of carbonyl (C=O) groups excluding carboxylic acids is 1. The largest absolute Gasteiger partial charge is 0.491 e. The second-order valence-corrected chi connectivity index (χ2v) is 7.82. The van der Waals surface area contributed by atoms with Crippen LogP contribution in [0.5, 0.6) is 5.75 Å². The molecule has 0 spiro atoms. The third-order valence-electron chi connectivity index (χ3n) is 5.72. The van der Waals surface area contributed by atoms with Gasteiger partial charge in [-0.2, -0.15) is 5.26 Å². The minimum atomic E-state index is -0.946. The quantitative estimate of drug-likeness (QED) is 0.858. The van der Waals surface area contributed by atoms with Crippen molar-refractivity contribution in [1.82, 2.24) is 0 Å². The molecule has 0 heterocycles. The summed E-state index contributed by atoms with van der Waals surface area (Å²) < 4.78 is 5.58. The highest BCUT2D eigenvalue weighted by molar-refractivity contribution is 6.33. The number of nitriles is 1. The first kappa shape index (κ1) is 18.4. The van der Waals surface area contributed by atoms with Crippen molar-refractivity contribution >= 4 is 11.4 Å². The highest BCUT2D eigenvalue weighted by Gasteiger charge is 2.42. The van der Waals surface area contributed by atoms with Gasteiger partial charge >= 0.3 is 0 Å². The molecule has 0 aliphatic heterocycles. The van der Waals surface area contributed by atoms with Gasteiger partial charge in [-0.1, -0.05) is 19.9 Å². The highest BCUT2D eigenvalue weighted by Crippen LogP contribution is 2.50. The molecule has 2 aromatic rings. The summed E-state index contributed by atoms with van der Waals surface area (Å²) >= 11 is 0. The van der Waals surface area contributed by atoms with Gasteiger partial charge < -0.3 is 14.9 Å². The van der Waals surface area contributed by atoms with E-state index in [0.717, 1.165) is 27.8 Å². The Bertz CT molecular complexity index is 1060. The van der Waals surface area contributed by atoms with Gasteiger partial charge in [-0.3, -0.25) is 4.79 Å². The van der Waals surface area contributed by atoms with Crippen LogP contribution >= 0.6 is 0 Å². The SMILES string of the molecule is CC1(C)C2=C(C(=O)c3ccc(OC[C@H](O)CO)cc31)c1ccc(C#N)cc1C2. The summed E-state index contributed by atoms with van der Waals surface area (Å²) in [5, 5.41) is 27.6. The molecule has 2 aromatic carbocycles. The Morgan fingerprint density at radius 2 is 1.96 bits per heavy atom. The zero-order chi connectivity index (χ0) is 20.1. The fourth-order valence-corrected chi connectivity index (χ4v) is 4.16. The molecule has 0 unspecified atom stereocenters. The second kappa shape index (κ2) is 6.59. The summed E-state index contributed by atoms with van der Waals surface area (Å²) in [6.45, 7) is 3.81. The normalized spacial score (nSPS) is 17.5. The summed E-state index contributed by atoms with van der Waals surface area (Å²) in [4.78, 5) is 13.3. The first-order valence-electron chi connectivity index (χ1n) is 9.24. The smallest absolute Gasteiger partial charge is 0.193 e. The van der Waals surface area contributed by atoms with Crippen LogP contribution in [0.3, 0.4) is 0 Å². The summed E-state index contributed by atoms with van der Waals surface area (Å²) in [5.41, 5.74) is 5.50. The third kappa shape index (κ3) is 2.73. The molecule has 0 bridgehead atoms. The van der Waals surface area contributed by atoms with Gasteiger partial charge in [-0.05, 0) is 59.0 Å². The van der Waals surface area contributed by atoms with E-state index >= 15 is 0 Å². The van der Waals surface area contributed by atoms with Crippen LogP contribution in [0.15, 0.2) is 42.0 Å². The number of rotatable bonds is 4. The number of Topliss-reactive ketones (excluding diaryl/α,β-unsaturated/α-hetero) is 1. The van der Waals surface area contributed by atoms with Crippen molar-refractivity contribution < 1.29 is 19.7 Å². The van der Waals surface area contributed by atoms with E-state index in [0.29, 0.717) is 23.3 Å². The molecule has 0 fully saturated rings. The fraction of sp³-hybridized carbons (Fsp3) is 0.304. The van der Waals surface area contributed by atoms with Crippen molar-refractivity contribution in [3.05, 3.63) is 69.8 Å². The topological polar surface area (TPSA) is 90.6 Å². The first-order valence-corrected chi connectivity index (χ1v) is 9.24. The average Bonchev–Trinajstić information content (AvgIpc) is 3.10. The number of nitrogens with zero attached hydrogens (tertiary/aromatic N) is 1. The van der Waals surface area contributed by atoms with E-state index in [1.54, 1.807) is 18.2 Å². The Labute approximate surface area is 163 Å². The molecule has 1 atom stereocenters. The Hall–Kier alpha value is -2.94. The lowest BCUT2D eigenvalue weighted by molar-refractivity contribution is 0.0535. The fourth-order valence-electron chi connectivity index (χ4n) is 4.16. The molecule has 0 saturated carbocycles. The molecule has 142 valence electrons. The van der Waals surface area contributed by atoms with Crippen LogP contribution in [0.4, 0.5) is 0 Å². The molecule has 5 nitrogen and oxygen atoms in total. The van der Waals surface area contributed by atoms with E-state index in [4.69, 9.17) is 9.84 Å². The van der Waals surface area contributed by atoms with Crippen molar-refractivity contribution in [1.29, 1.82) is 5.26 Å². The van der Waals surface area contributed by atoms with Crippen LogP contribution in [-0.4, -0.2) is 35.3 Å². The van der Waals surface area contributed by atoms with Gasteiger partial charge in [-0.15, -0.1) is 0 Å². The van der Waals surface area contributed by atoms with Gasteiger partial charge in [0, 0.05) is 16.6 Å². The molecule has 0 aromatic heterocycles. The molecule has 4 rings (SSSR count). The molecule has 0 radical (unpaired) electrons. The third-order valence-corrected chi connectivity index (χ3v) is 5.72. The number of hydrogen-bond donors (Lipinski definition) is 2. The number of benzene rings is 2. The van der Waals surface area contributed by atoms with Gasteiger partial charge in [0.15, 0.2) is 5.78 Å². The van der Waals surface area contributed by atoms with E-state index in [-0.39, 0.29) is 24.4 Å². The summed E-state index contributed by atoms with van der Waals surface area (Å²) in [6.07, 6.45) is -0.300. The number of carbonyl (C=O) groups is 1. The van der Waals surface area contributed by atoms with Gasteiger partial charge in [0.1, 0.15) is 18.5 Å². The molecule has 0 saturated heterocycles. The zero-order valence-electron chi connectivity index (χ0n) is 15.8. The van der Waals surface area contributed by atoms with E-state index in [2.05, 4.69) is 19.9 Å². The maximum Gasteiger partial charge on any atom is 0.193 e. The summed E-state index contributed by atoms with van der Waals surface area (Å²) in [7, 11) is 0. The Kier molecular flexibility index (Phi) is 4.34. The number of ketones is 1. The predicted molar refractivity (Wildman–Crippen MR) is 104 cm³/mol. The molecule has 5 heteroatoms. The molecule has 2 aliphatic rings. The van der Waals surface area contributed by atoms with Crippen LogP contribution in [0.2, 0.25) is 0 Å². The minimum Gasteiger partial charge on any atom is -0.491 e. The van der Waals surface area contributed by atoms with Crippen LogP contribution in [0, 0.1) is 11.3 Å². The number of hydrogen-bond acceptors (Lipinski definition) is 5. The molecular weight excluding hydrogens is 354 g/mol. The number of fused-ring (bicyclic) bond motifs is 3. The van der Waals surface area contributed by atoms with E-state index < -0.39 is 6.10 Å². The van der Waals surface area contributed by atoms with Gasteiger partial charge in [0.25, 0.3) is 0 Å².